The van der Waals surface area contributed by atoms with Crippen LogP contribution in [0.1, 0.15) is 12.8 Å². The van der Waals surface area contributed by atoms with E-state index in [4.69, 9.17) is 4.74 Å². The maximum atomic E-state index is 13.0. The molecule has 8 nitrogen and oxygen atoms in total. The number of carbonyl (C=O) groups excluding carboxylic acids is 3. The van der Waals surface area contributed by atoms with Crippen molar-refractivity contribution >= 4 is 63.7 Å². The zero-order valence-corrected chi connectivity index (χ0v) is 16.6. The number of thioether (sulfide) groups is 1. The molecule has 0 saturated carbocycles. The van der Waals surface area contributed by atoms with Gasteiger partial charge < -0.3 is 10.1 Å². The molecule has 0 bridgehead atoms. The van der Waals surface area contributed by atoms with Crippen molar-refractivity contribution in [2.45, 2.75) is 22.6 Å². The number of rotatable bonds is 4. The van der Waals surface area contributed by atoms with Crippen LogP contribution in [0.3, 0.4) is 0 Å². The first kappa shape index (κ1) is 18.1. The van der Waals surface area contributed by atoms with Gasteiger partial charge in [-0.05, 0) is 24.3 Å². The number of esters is 1. The highest BCUT2D eigenvalue weighted by atomic mass is 32.2. The monoisotopic (exact) mass is 426 g/mol. The Balaban J connectivity index is 1.30. The van der Waals surface area contributed by atoms with Gasteiger partial charge in [-0.25, -0.2) is 4.79 Å². The molecule has 146 valence electrons. The van der Waals surface area contributed by atoms with Crippen molar-refractivity contribution in [3.05, 3.63) is 42.5 Å². The Bertz CT molecular complexity index is 1160. The number of para-hydroxylation sites is 1. The fourth-order valence-corrected chi connectivity index (χ4v) is 5.57. The van der Waals surface area contributed by atoms with E-state index in [2.05, 4.69) is 14.1 Å². The average Bonchev–Trinajstić information content (AvgIpc) is 3.41. The van der Waals surface area contributed by atoms with Gasteiger partial charge in [-0.15, -0.1) is 0 Å². The molecule has 29 heavy (non-hydrogen) atoms. The third kappa shape index (κ3) is 2.87. The fourth-order valence-electron chi connectivity index (χ4n) is 3.61. The molecule has 5 rings (SSSR count). The molecule has 0 radical (unpaired) electrons. The van der Waals surface area contributed by atoms with Crippen LogP contribution in [0.4, 0.5) is 11.4 Å². The molecular weight excluding hydrogens is 412 g/mol. The number of carbonyl (C=O) groups is 3. The van der Waals surface area contributed by atoms with Crippen LogP contribution in [0.5, 0.6) is 0 Å². The van der Waals surface area contributed by atoms with E-state index in [-0.39, 0.29) is 12.3 Å². The van der Waals surface area contributed by atoms with Gasteiger partial charge in [-0.1, -0.05) is 30.0 Å². The number of nitrogens with one attached hydrogen (secondary N) is 1. The lowest BCUT2D eigenvalue weighted by molar-refractivity contribution is -0.149. The minimum atomic E-state index is -1.14. The molecule has 2 aromatic carbocycles. The van der Waals surface area contributed by atoms with Gasteiger partial charge in [0.25, 0.3) is 5.91 Å². The Hall–Kier alpha value is -2.98. The van der Waals surface area contributed by atoms with E-state index in [1.54, 1.807) is 18.2 Å². The fraction of sp³-hybridized carbons (Fsp3) is 0.211. The zero-order valence-electron chi connectivity index (χ0n) is 15.0. The minimum absolute atomic E-state index is 0.119. The number of aromatic nitrogens is 2. The SMILES string of the molecule is O=C(COC(=O)C12CCC(=O)N1c1ccccc1S2)Nc1cccc2nsnc12. The summed E-state index contributed by atoms with van der Waals surface area (Å²) >= 11 is 2.36. The molecule has 1 unspecified atom stereocenters. The molecule has 2 aliphatic rings. The van der Waals surface area contributed by atoms with Crippen LogP contribution in [0.25, 0.3) is 11.0 Å². The summed E-state index contributed by atoms with van der Waals surface area (Å²) in [5.74, 6) is -1.19. The van der Waals surface area contributed by atoms with Gasteiger partial charge in [-0.2, -0.15) is 8.75 Å². The third-order valence-corrected chi connectivity index (χ3v) is 6.89. The van der Waals surface area contributed by atoms with E-state index in [9.17, 15) is 14.4 Å². The van der Waals surface area contributed by atoms with Crippen molar-refractivity contribution in [3.63, 3.8) is 0 Å². The summed E-state index contributed by atoms with van der Waals surface area (Å²) < 4.78 is 13.6. The number of anilines is 2. The number of benzene rings is 2. The van der Waals surface area contributed by atoms with Gasteiger partial charge in [0.2, 0.25) is 5.91 Å². The topological polar surface area (TPSA) is 101 Å². The lowest BCUT2D eigenvalue weighted by atomic mass is 10.2. The molecule has 2 amide bonds. The first-order valence-corrected chi connectivity index (χ1v) is 10.4. The van der Waals surface area contributed by atoms with E-state index < -0.39 is 23.4 Å². The van der Waals surface area contributed by atoms with Crippen molar-refractivity contribution in [1.82, 2.24) is 8.75 Å². The zero-order chi connectivity index (χ0) is 20.0. The van der Waals surface area contributed by atoms with Gasteiger partial charge in [0, 0.05) is 17.7 Å². The predicted molar refractivity (Wildman–Crippen MR) is 109 cm³/mol. The van der Waals surface area contributed by atoms with E-state index in [1.165, 1.54) is 16.7 Å². The summed E-state index contributed by atoms with van der Waals surface area (Å²) in [7, 11) is 0. The average molecular weight is 426 g/mol. The van der Waals surface area contributed by atoms with E-state index in [0.29, 0.717) is 28.8 Å². The highest BCUT2D eigenvalue weighted by Gasteiger charge is 2.58. The van der Waals surface area contributed by atoms with Crippen LogP contribution in [-0.4, -0.2) is 38.0 Å². The van der Waals surface area contributed by atoms with Gasteiger partial charge >= 0.3 is 5.97 Å². The number of nitrogens with zero attached hydrogens (tertiary/aromatic N) is 3. The second-order valence-electron chi connectivity index (χ2n) is 6.65. The molecule has 2 aliphatic heterocycles. The molecule has 3 heterocycles. The summed E-state index contributed by atoms with van der Waals surface area (Å²) in [5, 5.41) is 2.70. The van der Waals surface area contributed by atoms with Crippen LogP contribution in [0, 0.1) is 0 Å². The van der Waals surface area contributed by atoms with Crippen molar-refractivity contribution in [2.75, 3.05) is 16.8 Å². The first-order valence-electron chi connectivity index (χ1n) is 8.88. The standard InChI is InChI=1S/C19H14N4O4S2/c24-15(20-11-4-3-5-12-17(11)22-29-21-12)10-27-18(26)19-9-8-16(25)23(19)13-6-1-2-7-14(13)28-19/h1-7H,8-10H2,(H,20,24). The summed E-state index contributed by atoms with van der Waals surface area (Å²) in [6.07, 6.45) is 0.608. The number of hydrogen-bond acceptors (Lipinski definition) is 8. The molecule has 1 saturated heterocycles. The molecular formula is C19H14N4O4S2. The highest BCUT2D eigenvalue weighted by Crippen LogP contribution is 2.56. The minimum Gasteiger partial charge on any atom is -0.453 e. The number of ether oxygens (including phenoxy) is 1. The molecule has 1 fully saturated rings. The van der Waals surface area contributed by atoms with Gasteiger partial charge in [0.1, 0.15) is 11.0 Å². The molecule has 1 aromatic heterocycles. The molecule has 1 N–H and O–H groups in total. The number of fused-ring (bicyclic) bond motifs is 4. The molecule has 0 aliphatic carbocycles. The Labute approximate surface area is 173 Å². The quantitative estimate of drug-likeness (QED) is 0.640. The summed E-state index contributed by atoms with van der Waals surface area (Å²) in [6.45, 7) is -0.451. The highest BCUT2D eigenvalue weighted by molar-refractivity contribution is 8.02. The van der Waals surface area contributed by atoms with Crippen LogP contribution < -0.4 is 10.2 Å². The largest absolute Gasteiger partial charge is 0.453 e. The van der Waals surface area contributed by atoms with Gasteiger partial charge in [0.05, 0.1) is 23.1 Å². The second-order valence-corrected chi connectivity index (χ2v) is 8.49. The Morgan fingerprint density at radius 2 is 2.03 bits per heavy atom. The third-order valence-electron chi connectivity index (χ3n) is 4.89. The molecule has 1 atom stereocenters. The van der Waals surface area contributed by atoms with Crippen molar-refractivity contribution in [2.24, 2.45) is 0 Å². The van der Waals surface area contributed by atoms with Crippen LogP contribution in [-0.2, 0) is 19.1 Å². The molecule has 0 spiro atoms. The summed E-state index contributed by atoms with van der Waals surface area (Å²) in [6, 6.07) is 12.6. The van der Waals surface area contributed by atoms with Gasteiger partial charge in [0.15, 0.2) is 11.5 Å². The predicted octanol–water partition coefficient (Wildman–Crippen LogP) is 2.80. The van der Waals surface area contributed by atoms with Crippen LogP contribution in [0.2, 0.25) is 0 Å². The van der Waals surface area contributed by atoms with Crippen molar-refractivity contribution < 1.29 is 19.1 Å². The Morgan fingerprint density at radius 3 is 2.93 bits per heavy atom. The van der Waals surface area contributed by atoms with E-state index in [1.807, 2.05) is 24.3 Å². The lowest BCUT2D eigenvalue weighted by Gasteiger charge is -2.28. The summed E-state index contributed by atoms with van der Waals surface area (Å²) in [5.41, 5.74) is 2.49. The van der Waals surface area contributed by atoms with Crippen LogP contribution in [0.15, 0.2) is 47.4 Å². The second kappa shape index (κ2) is 6.82. The number of amides is 2. The Morgan fingerprint density at radius 1 is 1.17 bits per heavy atom. The maximum Gasteiger partial charge on any atom is 0.344 e. The lowest BCUT2D eigenvalue weighted by Crippen LogP contribution is -2.48. The van der Waals surface area contributed by atoms with E-state index in [0.717, 1.165) is 16.6 Å². The number of hydrogen-bond donors (Lipinski definition) is 1. The normalized spacial score (nSPS) is 19.9. The van der Waals surface area contributed by atoms with Gasteiger partial charge in [-0.3, -0.25) is 14.5 Å². The van der Waals surface area contributed by atoms with Crippen molar-refractivity contribution in [3.8, 4) is 0 Å². The van der Waals surface area contributed by atoms with E-state index >= 15 is 0 Å². The van der Waals surface area contributed by atoms with Crippen molar-refractivity contribution in [1.29, 1.82) is 0 Å². The van der Waals surface area contributed by atoms with Crippen LogP contribution >= 0.6 is 23.5 Å². The molecule has 3 aromatic rings. The first-order chi connectivity index (χ1) is 14.1. The summed E-state index contributed by atoms with van der Waals surface area (Å²) in [4.78, 5) is 38.9. The Kier molecular flexibility index (Phi) is 4.25. The maximum absolute atomic E-state index is 13.0. The molecule has 10 heteroatoms. The smallest absolute Gasteiger partial charge is 0.344 e.